The van der Waals surface area contributed by atoms with Crippen LogP contribution in [-0.2, 0) is 4.79 Å². The van der Waals surface area contributed by atoms with Gasteiger partial charge >= 0.3 is 0 Å². The third-order valence-corrected chi connectivity index (χ3v) is 4.27. The van der Waals surface area contributed by atoms with Gasteiger partial charge in [-0.2, -0.15) is 0 Å². The van der Waals surface area contributed by atoms with Crippen molar-refractivity contribution in [2.75, 3.05) is 5.32 Å². The quantitative estimate of drug-likeness (QED) is 0.833. The van der Waals surface area contributed by atoms with Crippen molar-refractivity contribution in [1.82, 2.24) is 10.2 Å². The molecule has 0 spiro atoms. The molecule has 3 atom stereocenters. The number of hydrogen-bond donors (Lipinski definition) is 1. The van der Waals surface area contributed by atoms with Crippen LogP contribution in [-0.4, -0.2) is 16.1 Å². The Morgan fingerprint density at radius 1 is 1.47 bits per heavy atom. The van der Waals surface area contributed by atoms with Gasteiger partial charge in [0.05, 0.1) is 0 Å². The number of rotatable bonds is 2. The first-order valence-electron chi connectivity index (χ1n) is 5.40. The lowest BCUT2D eigenvalue weighted by molar-refractivity contribution is -0.121. The number of fused-ring (bicyclic) bond motifs is 2. The molecule has 2 fully saturated rings. The highest BCUT2D eigenvalue weighted by Crippen LogP contribution is 2.48. The molecule has 80 valence electrons. The lowest BCUT2D eigenvalue weighted by Gasteiger charge is -2.19. The molecule has 3 unspecified atom stereocenters. The molecule has 2 aliphatic rings. The van der Waals surface area contributed by atoms with Gasteiger partial charge in [-0.05, 0) is 31.1 Å². The summed E-state index contributed by atoms with van der Waals surface area (Å²) in [7, 11) is 0. The number of carbonyl (C=O) groups excluding carboxylic acids is 1. The molecule has 2 aliphatic carbocycles. The summed E-state index contributed by atoms with van der Waals surface area (Å²) in [4.78, 5) is 11.9. The molecular formula is C10H13N3OS. The zero-order valence-corrected chi connectivity index (χ0v) is 9.17. The molecule has 0 aliphatic heterocycles. The van der Waals surface area contributed by atoms with E-state index in [-0.39, 0.29) is 11.8 Å². The Hall–Kier alpha value is -0.970. The van der Waals surface area contributed by atoms with Gasteiger partial charge in [0.2, 0.25) is 11.0 Å². The van der Waals surface area contributed by atoms with Crippen LogP contribution < -0.4 is 5.32 Å². The van der Waals surface area contributed by atoms with Crippen LogP contribution in [0.3, 0.4) is 0 Å². The highest BCUT2D eigenvalue weighted by Gasteiger charge is 2.43. The molecular weight excluding hydrogens is 210 g/mol. The van der Waals surface area contributed by atoms with Gasteiger partial charge in [0.15, 0.2) is 0 Å². The zero-order valence-electron chi connectivity index (χ0n) is 8.35. The minimum Gasteiger partial charge on any atom is -0.300 e. The van der Waals surface area contributed by atoms with Gasteiger partial charge in [-0.1, -0.05) is 17.8 Å². The predicted molar refractivity (Wildman–Crippen MR) is 57.5 cm³/mol. The monoisotopic (exact) mass is 223 g/mol. The lowest BCUT2D eigenvalue weighted by atomic mass is 9.88. The standard InChI is InChI=1S/C10H13N3OS/c14-9(12-10-13-11-5-15-10)8-4-6-1-2-7(8)3-6/h5-8H,1-4H2,(H,12,13,14). The van der Waals surface area contributed by atoms with E-state index in [1.807, 2.05) is 0 Å². The first kappa shape index (κ1) is 9.27. The summed E-state index contributed by atoms with van der Waals surface area (Å²) in [6.45, 7) is 0. The van der Waals surface area contributed by atoms with Crippen LogP contribution in [0.5, 0.6) is 0 Å². The minimum absolute atomic E-state index is 0.152. The Morgan fingerprint density at radius 3 is 3.00 bits per heavy atom. The summed E-state index contributed by atoms with van der Waals surface area (Å²) in [5.74, 6) is 1.81. The van der Waals surface area contributed by atoms with Crippen LogP contribution in [0.15, 0.2) is 5.51 Å². The summed E-state index contributed by atoms with van der Waals surface area (Å²) < 4.78 is 0. The molecule has 1 amide bonds. The van der Waals surface area contributed by atoms with E-state index in [0.717, 1.165) is 12.3 Å². The van der Waals surface area contributed by atoms with Crippen molar-refractivity contribution < 1.29 is 4.79 Å². The molecule has 1 N–H and O–H groups in total. The summed E-state index contributed by atoms with van der Waals surface area (Å²) in [5, 5.41) is 11.0. The van der Waals surface area contributed by atoms with Gasteiger partial charge < -0.3 is 5.32 Å². The summed E-state index contributed by atoms with van der Waals surface area (Å²) in [5.41, 5.74) is 1.64. The zero-order chi connectivity index (χ0) is 10.3. The third-order valence-electron chi connectivity index (χ3n) is 3.67. The molecule has 0 radical (unpaired) electrons. The topological polar surface area (TPSA) is 54.9 Å². The van der Waals surface area contributed by atoms with Crippen molar-refractivity contribution in [1.29, 1.82) is 0 Å². The van der Waals surface area contributed by atoms with Gasteiger partial charge in [-0.15, -0.1) is 10.2 Å². The van der Waals surface area contributed by atoms with Crippen molar-refractivity contribution in [2.45, 2.75) is 25.7 Å². The molecule has 15 heavy (non-hydrogen) atoms. The Kier molecular flexibility index (Phi) is 2.20. The highest BCUT2D eigenvalue weighted by molar-refractivity contribution is 7.13. The van der Waals surface area contributed by atoms with Crippen molar-refractivity contribution in [3.8, 4) is 0 Å². The molecule has 4 nitrogen and oxygen atoms in total. The van der Waals surface area contributed by atoms with Crippen molar-refractivity contribution >= 4 is 22.4 Å². The number of hydrogen-bond acceptors (Lipinski definition) is 4. The first-order chi connectivity index (χ1) is 7.33. The van der Waals surface area contributed by atoms with Gasteiger partial charge in [0.1, 0.15) is 5.51 Å². The fourth-order valence-corrected chi connectivity index (χ4v) is 3.44. The van der Waals surface area contributed by atoms with E-state index < -0.39 is 0 Å². The Morgan fingerprint density at radius 2 is 2.40 bits per heavy atom. The number of aromatic nitrogens is 2. The summed E-state index contributed by atoms with van der Waals surface area (Å²) in [6, 6.07) is 0. The normalized spacial score (nSPS) is 33.2. The van der Waals surface area contributed by atoms with Crippen molar-refractivity contribution in [2.24, 2.45) is 17.8 Å². The maximum Gasteiger partial charge on any atom is 0.229 e. The van der Waals surface area contributed by atoms with E-state index in [0.29, 0.717) is 11.0 Å². The van der Waals surface area contributed by atoms with E-state index in [2.05, 4.69) is 15.5 Å². The maximum absolute atomic E-state index is 11.9. The van der Waals surface area contributed by atoms with Gasteiger partial charge in [0, 0.05) is 5.92 Å². The maximum atomic E-state index is 11.9. The van der Waals surface area contributed by atoms with Crippen LogP contribution in [0.4, 0.5) is 5.13 Å². The second-order valence-corrected chi connectivity index (χ2v) is 5.35. The minimum atomic E-state index is 0.152. The van der Waals surface area contributed by atoms with Gasteiger partial charge in [-0.25, -0.2) is 0 Å². The number of nitrogens with one attached hydrogen (secondary N) is 1. The third kappa shape index (κ3) is 1.65. The van der Waals surface area contributed by atoms with Gasteiger partial charge in [-0.3, -0.25) is 4.79 Å². The van der Waals surface area contributed by atoms with E-state index in [1.54, 1.807) is 5.51 Å². The summed E-state index contributed by atoms with van der Waals surface area (Å²) >= 11 is 1.38. The van der Waals surface area contributed by atoms with Crippen LogP contribution in [0.25, 0.3) is 0 Å². The van der Waals surface area contributed by atoms with Crippen LogP contribution >= 0.6 is 11.3 Å². The molecule has 1 aromatic rings. The van der Waals surface area contributed by atoms with Gasteiger partial charge in [0.25, 0.3) is 0 Å². The van der Waals surface area contributed by atoms with E-state index >= 15 is 0 Å². The molecule has 1 aromatic heterocycles. The molecule has 0 saturated heterocycles. The number of nitrogens with zero attached hydrogens (tertiary/aromatic N) is 2. The highest BCUT2D eigenvalue weighted by atomic mass is 32.1. The first-order valence-corrected chi connectivity index (χ1v) is 6.28. The molecule has 2 saturated carbocycles. The number of amides is 1. The Balaban J connectivity index is 1.66. The second kappa shape index (κ2) is 3.56. The molecule has 5 heteroatoms. The lowest BCUT2D eigenvalue weighted by Crippen LogP contribution is -2.27. The molecule has 3 rings (SSSR count). The molecule has 1 heterocycles. The number of carbonyl (C=O) groups is 1. The van der Waals surface area contributed by atoms with E-state index in [1.165, 1.54) is 30.6 Å². The SMILES string of the molecule is O=C(Nc1nncs1)C1CC2CCC1C2. The van der Waals surface area contributed by atoms with Crippen molar-refractivity contribution in [3.63, 3.8) is 0 Å². The van der Waals surface area contributed by atoms with Crippen LogP contribution in [0.2, 0.25) is 0 Å². The molecule has 0 aromatic carbocycles. The molecule has 2 bridgehead atoms. The van der Waals surface area contributed by atoms with Crippen LogP contribution in [0.1, 0.15) is 25.7 Å². The fraction of sp³-hybridized carbons (Fsp3) is 0.700. The largest absolute Gasteiger partial charge is 0.300 e. The average molecular weight is 223 g/mol. The average Bonchev–Trinajstić information content (AvgIpc) is 2.93. The smallest absolute Gasteiger partial charge is 0.229 e. The van der Waals surface area contributed by atoms with E-state index in [4.69, 9.17) is 0 Å². The fourth-order valence-electron chi connectivity index (χ4n) is 2.99. The second-order valence-electron chi connectivity index (χ2n) is 4.51. The van der Waals surface area contributed by atoms with E-state index in [9.17, 15) is 4.79 Å². The predicted octanol–water partition coefficient (Wildman–Crippen LogP) is 1.91. The van der Waals surface area contributed by atoms with Crippen LogP contribution in [0, 0.1) is 17.8 Å². The Bertz CT molecular complexity index is 365. The summed E-state index contributed by atoms with van der Waals surface area (Å²) in [6.07, 6.45) is 4.90. The Labute approximate surface area is 92.1 Å². The van der Waals surface area contributed by atoms with Crippen molar-refractivity contribution in [3.05, 3.63) is 5.51 Å². The number of anilines is 1.